The van der Waals surface area contributed by atoms with Crippen LogP contribution in [0.25, 0.3) is 11.3 Å². The highest BCUT2D eigenvalue weighted by Crippen LogP contribution is 2.33. The van der Waals surface area contributed by atoms with E-state index in [2.05, 4.69) is 18.3 Å². The minimum absolute atomic E-state index is 0.0137. The van der Waals surface area contributed by atoms with E-state index in [1.165, 1.54) is 16.9 Å². The SMILES string of the molecule is CC(=Nn1c(-c2ccc3c(c2)NC(=O)CO3)csc1=Nc1ccc(C)cc1C)c1ccc(O)cc1. The molecule has 1 amide bonds. The van der Waals surface area contributed by atoms with Crippen LogP contribution in [0.5, 0.6) is 11.5 Å². The summed E-state index contributed by atoms with van der Waals surface area (Å²) in [6, 6.07) is 18.8. The molecular weight excluding hydrogens is 460 g/mol. The fraction of sp³-hybridized carbons (Fsp3) is 0.148. The van der Waals surface area contributed by atoms with Gasteiger partial charge in [0.15, 0.2) is 6.61 Å². The molecule has 2 heterocycles. The van der Waals surface area contributed by atoms with Gasteiger partial charge in [-0.3, -0.25) is 4.79 Å². The Hall–Kier alpha value is -4.17. The molecule has 2 N–H and O–H groups in total. The van der Waals surface area contributed by atoms with E-state index in [1.807, 2.05) is 66.4 Å². The average Bonchev–Trinajstić information content (AvgIpc) is 3.22. The highest BCUT2D eigenvalue weighted by Gasteiger charge is 2.18. The van der Waals surface area contributed by atoms with Crippen molar-refractivity contribution in [2.45, 2.75) is 20.8 Å². The summed E-state index contributed by atoms with van der Waals surface area (Å²) >= 11 is 1.49. The van der Waals surface area contributed by atoms with Crippen molar-refractivity contribution < 1.29 is 14.6 Å². The van der Waals surface area contributed by atoms with E-state index >= 15 is 0 Å². The number of benzene rings is 3. The van der Waals surface area contributed by atoms with Gasteiger partial charge in [-0.1, -0.05) is 17.7 Å². The maximum absolute atomic E-state index is 11.8. The number of phenols is 1. The third-order valence-electron chi connectivity index (χ3n) is 5.70. The second-order valence-electron chi connectivity index (χ2n) is 8.40. The van der Waals surface area contributed by atoms with Crippen LogP contribution in [0.3, 0.4) is 0 Å². The van der Waals surface area contributed by atoms with Crippen LogP contribution in [0.15, 0.2) is 76.1 Å². The Morgan fingerprint density at radius 1 is 1.09 bits per heavy atom. The van der Waals surface area contributed by atoms with E-state index < -0.39 is 0 Å². The van der Waals surface area contributed by atoms with Crippen molar-refractivity contribution in [3.63, 3.8) is 0 Å². The Kier molecular flexibility index (Phi) is 5.96. The summed E-state index contributed by atoms with van der Waals surface area (Å²) in [4.78, 5) is 17.5. The van der Waals surface area contributed by atoms with Crippen molar-refractivity contribution in [3.05, 3.63) is 87.5 Å². The van der Waals surface area contributed by atoms with Crippen LogP contribution in [0, 0.1) is 13.8 Å². The number of phenolic OH excluding ortho intramolecular Hbond substituents is 1. The summed E-state index contributed by atoms with van der Waals surface area (Å²) in [7, 11) is 0. The molecule has 1 aromatic heterocycles. The lowest BCUT2D eigenvalue weighted by atomic mass is 10.1. The van der Waals surface area contributed by atoms with Gasteiger partial charge in [-0.15, -0.1) is 11.3 Å². The highest BCUT2D eigenvalue weighted by molar-refractivity contribution is 7.07. The van der Waals surface area contributed by atoms with Gasteiger partial charge in [0.05, 0.1) is 22.8 Å². The van der Waals surface area contributed by atoms with Crippen molar-refractivity contribution >= 4 is 34.3 Å². The molecule has 0 bridgehead atoms. The van der Waals surface area contributed by atoms with Gasteiger partial charge in [-0.25, -0.2) is 9.67 Å². The van der Waals surface area contributed by atoms with E-state index in [9.17, 15) is 9.90 Å². The van der Waals surface area contributed by atoms with Crippen LogP contribution in [0.2, 0.25) is 0 Å². The number of ether oxygens (including phenoxy) is 1. The lowest BCUT2D eigenvalue weighted by Crippen LogP contribution is -2.25. The molecular formula is C27H24N4O3S. The average molecular weight is 485 g/mol. The molecule has 7 nitrogen and oxygen atoms in total. The molecule has 0 fully saturated rings. The highest BCUT2D eigenvalue weighted by atomic mass is 32.1. The Labute approximate surface area is 206 Å². The molecule has 3 aromatic carbocycles. The molecule has 0 saturated heterocycles. The fourth-order valence-electron chi connectivity index (χ4n) is 3.86. The van der Waals surface area contributed by atoms with E-state index in [0.717, 1.165) is 33.8 Å². The number of carbonyl (C=O) groups excluding carboxylic acids is 1. The van der Waals surface area contributed by atoms with Gasteiger partial charge >= 0.3 is 0 Å². The maximum atomic E-state index is 11.8. The first-order valence-electron chi connectivity index (χ1n) is 11.1. The molecule has 5 rings (SSSR count). The largest absolute Gasteiger partial charge is 0.508 e. The third-order valence-corrected chi connectivity index (χ3v) is 6.51. The minimum Gasteiger partial charge on any atom is -0.508 e. The summed E-state index contributed by atoms with van der Waals surface area (Å²) in [5.74, 6) is 0.660. The summed E-state index contributed by atoms with van der Waals surface area (Å²) in [6.07, 6.45) is 0. The van der Waals surface area contributed by atoms with Crippen molar-refractivity contribution in [2.24, 2.45) is 10.1 Å². The number of hydrogen-bond donors (Lipinski definition) is 2. The topological polar surface area (TPSA) is 88.2 Å². The monoisotopic (exact) mass is 484 g/mol. The number of nitrogens with zero attached hydrogens (tertiary/aromatic N) is 3. The zero-order chi connectivity index (χ0) is 24.5. The number of thiazole rings is 1. The van der Waals surface area contributed by atoms with Crippen LogP contribution >= 0.6 is 11.3 Å². The zero-order valence-corrected chi connectivity index (χ0v) is 20.4. The standard InChI is InChI=1S/C27H24N4O3S/c1-16-4-10-22(17(2)12-16)29-27-31(30-18(3)19-5-8-21(32)9-6-19)24(15-35-27)20-7-11-25-23(13-20)28-26(33)14-34-25/h4-13,15,32H,14H2,1-3H3,(H,28,33). The van der Waals surface area contributed by atoms with Gasteiger partial charge in [-0.05, 0) is 80.4 Å². The first-order chi connectivity index (χ1) is 16.9. The number of fused-ring (bicyclic) bond motifs is 1. The number of carbonyl (C=O) groups is 1. The van der Waals surface area contributed by atoms with E-state index in [4.69, 9.17) is 14.8 Å². The molecule has 0 spiro atoms. The van der Waals surface area contributed by atoms with Crippen LogP contribution < -0.4 is 14.9 Å². The first kappa shape index (κ1) is 22.6. The van der Waals surface area contributed by atoms with Gasteiger partial charge in [0.25, 0.3) is 5.91 Å². The second-order valence-corrected chi connectivity index (χ2v) is 9.23. The summed E-state index contributed by atoms with van der Waals surface area (Å²) in [5, 5.41) is 19.4. The Bertz CT molecular complexity index is 1530. The maximum Gasteiger partial charge on any atom is 0.262 e. The number of hydrogen-bond acceptors (Lipinski definition) is 6. The molecule has 1 aliphatic heterocycles. The smallest absolute Gasteiger partial charge is 0.262 e. The lowest BCUT2D eigenvalue weighted by Gasteiger charge is -2.18. The summed E-state index contributed by atoms with van der Waals surface area (Å²) in [5.41, 5.74) is 7.12. The number of aromatic hydroxyl groups is 1. The number of anilines is 1. The summed E-state index contributed by atoms with van der Waals surface area (Å²) in [6.45, 7) is 6.04. The molecule has 8 heteroatoms. The first-order valence-corrected chi connectivity index (χ1v) is 12.0. The third kappa shape index (κ3) is 4.74. The molecule has 0 saturated carbocycles. The summed E-state index contributed by atoms with van der Waals surface area (Å²) < 4.78 is 7.33. The van der Waals surface area contributed by atoms with Crippen molar-refractivity contribution in [1.29, 1.82) is 0 Å². The number of amides is 1. The number of aromatic nitrogens is 1. The molecule has 0 aliphatic carbocycles. The van der Waals surface area contributed by atoms with Crippen molar-refractivity contribution in [2.75, 3.05) is 11.9 Å². The number of aryl methyl sites for hydroxylation is 2. The lowest BCUT2D eigenvalue weighted by molar-refractivity contribution is -0.118. The van der Waals surface area contributed by atoms with Crippen molar-refractivity contribution in [1.82, 2.24) is 4.68 Å². The van der Waals surface area contributed by atoms with Crippen LogP contribution in [0.1, 0.15) is 23.6 Å². The second kappa shape index (κ2) is 9.23. The predicted molar refractivity (Wildman–Crippen MR) is 139 cm³/mol. The fourth-order valence-corrected chi connectivity index (χ4v) is 4.70. The molecule has 0 atom stereocenters. The van der Waals surface area contributed by atoms with Crippen LogP contribution in [-0.4, -0.2) is 28.0 Å². The molecule has 176 valence electrons. The zero-order valence-electron chi connectivity index (χ0n) is 19.6. The molecule has 0 unspecified atom stereocenters. The molecule has 35 heavy (non-hydrogen) atoms. The molecule has 0 radical (unpaired) electrons. The van der Waals surface area contributed by atoms with E-state index in [-0.39, 0.29) is 18.3 Å². The normalized spacial score (nSPS) is 13.9. The van der Waals surface area contributed by atoms with E-state index in [1.54, 1.807) is 12.1 Å². The van der Waals surface area contributed by atoms with Gasteiger partial charge in [0.2, 0.25) is 4.80 Å². The van der Waals surface area contributed by atoms with Crippen molar-refractivity contribution in [3.8, 4) is 22.8 Å². The predicted octanol–water partition coefficient (Wildman–Crippen LogP) is 5.37. The van der Waals surface area contributed by atoms with Gasteiger partial charge < -0.3 is 15.2 Å². The van der Waals surface area contributed by atoms with Crippen LogP contribution in [-0.2, 0) is 4.79 Å². The molecule has 4 aromatic rings. The minimum atomic E-state index is -0.181. The van der Waals surface area contributed by atoms with Gasteiger partial charge in [0.1, 0.15) is 11.5 Å². The van der Waals surface area contributed by atoms with E-state index in [0.29, 0.717) is 16.2 Å². The van der Waals surface area contributed by atoms with Gasteiger partial charge in [-0.2, -0.15) is 5.10 Å². The quantitative estimate of drug-likeness (QED) is 0.382. The van der Waals surface area contributed by atoms with Gasteiger partial charge in [0, 0.05) is 10.9 Å². The Morgan fingerprint density at radius 3 is 2.66 bits per heavy atom. The van der Waals surface area contributed by atoms with Crippen LogP contribution in [0.4, 0.5) is 11.4 Å². The molecule has 1 aliphatic rings. The number of nitrogens with one attached hydrogen (secondary N) is 1. The number of rotatable bonds is 4. The Morgan fingerprint density at radius 2 is 1.89 bits per heavy atom. The Balaban J connectivity index is 1.67.